The monoisotopic (exact) mass is 195 g/mol. The van der Waals surface area contributed by atoms with Crippen molar-refractivity contribution in [3.05, 3.63) is 16.7 Å². The van der Waals surface area contributed by atoms with Gasteiger partial charge in [-0.05, 0) is 5.16 Å². The van der Waals surface area contributed by atoms with E-state index in [1.54, 1.807) is 25.0 Å². The van der Waals surface area contributed by atoms with E-state index in [-0.39, 0.29) is 10.7 Å². The van der Waals surface area contributed by atoms with Gasteiger partial charge in [-0.25, -0.2) is 9.97 Å². The minimum absolute atomic E-state index is 0.199. The normalized spacial score (nSPS) is 10.9. The average molecular weight is 195 g/mol. The van der Waals surface area contributed by atoms with E-state index in [1.165, 1.54) is 4.57 Å². The summed E-state index contributed by atoms with van der Waals surface area (Å²) in [4.78, 5) is 19.6. The second-order valence-corrected chi connectivity index (χ2v) is 3.15. The van der Waals surface area contributed by atoms with Crippen LogP contribution in [0, 0.1) is 0 Å². The molecule has 0 spiro atoms. The minimum atomic E-state index is -0.199. The van der Waals surface area contributed by atoms with Crippen molar-refractivity contribution in [2.45, 2.75) is 5.16 Å². The van der Waals surface area contributed by atoms with Crippen LogP contribution in [-0.4, -0.2) is 19.1 Å². The molecule has 2 rings (SSSR count). The summed E-state index contributed by atoms with van der Waals surface area (Å²) in [5.74, 6) is 0. The van der Waals surface area contributed by atoms with Gasteiger partial charge in [0.2, 0.25) is 0 Å². The highest BCUT2D eigenvalue weighted by Crippen LogP contribution is 2.03. The molecule has 0 N–H and O–H groups in total. The first-order valence-corrected chi connectivity index (χ1v) is 4.07. The largest absolute Gasteiger partial charge is 0.742 e. The molecular weight excluding hydrogens is 188 g/mol. The van der Waals surface area contributed by atoms with E-state index in [9.17, 15) is 4.79 Å². The first kappa shape index (κ1) is 8.18. The number of hydrogen-bond donors (Lipinski definition) is 0. The standard InChI is InChI=1S/C7H8N4OS/c1-10-3-8-4-5(10)9-7(13)11(2)6(4)12/h3H,1-2H3,(H,9,13)/p-1. The summed E-state index contributed by atoms with van der Waals surface area (Å²) in [6, 6.07) is 0. The molecule has 2 heterocycles. The molecule has 0 saturated carbocycles. The maximum atomic E-state index is 11.5. The van der Waals surface area contributed by atoms with Crippen molar-refractivity contribution in [2.75, 3.05) is 0 Å². The Hall–Kier alpha value is -1.43. The summed E-state index contributed by atoms with van der Waals surface area (Å²) in [7, 11) is 3.36. The molecule has 68 valence electrons. The van der Waals surface area contributed by atoms with Crippen LogP contribution in [0.2, 0.25) is 0 Å². The molecule has 0 aliphatic heterocycles. The molecule has 2 aromatic rings. The van der Waals surface area contributed by atoms with E-state index in [2.05, 4.69) is 9.97 Å². The van der Waals surface area contributed by atoms with Gasteiger partial charge in [0.1, 0.15) is 0 Å². The lowest BCUT2D eigenvalue weighted by Crippen LogP contribution is -2.20. The van der Waals surface area contributed by atoms with Gasteiger partial charge in [-0.15, -0.1) is 0 Å². The van der Waals surface area contributed by atoms with Crippen LogP contribution in [-0.2, 0) is 26.7 Å². The van der Waals surface area contributed by atoms with Gasteiger partial charge in [-0.1, -0.05) is 0 Å². The predicted molar refractivity (Wildman–Crippen MR) is 49.4 cm³/mol. The summed E-state index contributed by atoms with van der Waals surface area (Å²) in [5.41, 5.74) is 0.697. The van der Waals surface area contributed by atoms with Crippen molar-refractivity contribution in [1.82, 2.24) is 19.1 Å². The quantitative estimate of drug-likeness (QED) is 0.423. The molecule has 0 amide bonds. The number of hydrogen-bond acceptors (Lipinski definition) is 4. The van der Waals surface area contributed by atoms with E-state index >= 15 is 0 Å². The van der Waals surface area contributed by atoms with Crippen LogP contribution in [0.25, 0.3) is 11.2 Å². The topological polar surface area (TPSA) is 52.7 Å². The van der Waals surface area contributed by atoms with Crippen molar-refractivity contribution in [3.8, 4) is 0 Å². The van der Waals surface area contributed by atoms with Crippen LogP contribution in [0.5, 0.6) is 0 Å². The number of rotatable bonds is 0. The lowest BCUT2D eigenvalue weighted by Gasteiger charge is -2.10. The van der Waals surface area contributed by atoms with Gasteiger partial charge in [-0.3, -0.25) is 4.79 Å². The van der Waals surface area contributed by atoms with Gasteiger partial charge >= 0.3 is 0 Å². The fourth-order valence-corrected chi connectivity index (χ4v) is 1.29. The predicted octanol–water partition coefficient (Wildman–Crippen LogP) is -0.427. The summed E-state index contributed by atoms with van der Waals surface area (Å²) in [5, 5.41) is 0.279. The molecular formula is C7H7N4OS-. The highest BCUT2D eigenvalue weighted by atomic mass is 32.1. The van der Waals surface area contributed by atoms with Gasteiger partial charge in [0, 0.05) is 14.1 Å². The zero-order chi connectivity index (χ0) is 9.59. The van der Waals surface area contributed by atoms with E-state index in [0.717, 1.165) is 0 Å². The number of imidazole rings is 1. The first-order chi connectivity index (χ1) is 6.11. The first-order valence-electron chi connectivity index (χ1n) is 3.66. The van der Waals surface area contributed by atoms with Crippen LogP contribution >= 0.6 is 0 Å². The van der Waals surface area contributed by atoms with Gasteiger partial charge < -0.3 is 21.8 Å². The molecule has 0 saturated heterocycles. The van der Waals surface area contributed by atoms with Gasteiger partial charge in [0.15, 0.2) is 11.2 Å². The third kappa shape index (κ3) is 1.02. The maximum Gasteiger partial charge on any atom is 0.280 e. The molecule has 13 heavy (non-hydrogen) atoms. The van der Waals surface area contributed by atoms with Crippen LogP contribution < -0.4 is 5.56 Å². The molecule has 0 aliphatic rings. The van der Waals surface area contributed by atoms with Crippen molar-refractivity contribution in [1.29, 1.82) is 0 Å². The molecule has 0 fully saturated rings. The van der Waals surface area contributed by atoms with Crippen molar-refractivity contribution < 1.29 is 0 Å². The lowest BCUT2D eigenvalue weighted by molar-refractivity contribution is 0.721. The highest BCUT2D eigenvalue weighted by Gasteiger charge is 2.06. The molecule has 6 heteroatoms. The van der Waals surface area contributed by atoms with Crippen LogP contribution in [0.15, 0.2) is 16.3 Å². The van der Waals surface area contributed by atoms with E-state index < -0.39 is 0 Å². The highest BCUT2D eigenvalue weighted by molar-refractivity contribution is 7.58. The zero-order valence-corrected chi connectivity index (χ0v) is 8.00. The molecule has 0 bridgehead atoms. The average Bonchev–Trinajstić information content (AvgIpc) is 2.45. The molecule has 0 unspecified atom stereocenters. The Morgan fingerprint density at radius 2 is 2.15 bits per heavy atom. The molecule has 0 aliphatic carbocycles. The Morgan fingerprint density at radius 1 is 1.46 bits per heavy atom. The number of nitrogens with zero attached hydrogens (tertiary/aromatic N) is 4. The van der Waals surface area contributed by atoms with E-state index in [0.29, 0.717) is 11.2 Å². The second kappa shape index (κ2) is 2.53. The fraction of sp³-hybridized carbons (Fsp3) is 0.286. The SMILES string of the molecule is Cn1c([S-])nc2c(ncn2C)c1=O. The Bertz CT molecular complexity index is 527. The van der Waals surface area contributed by atoms with Gasteiger partial charge in [0.25, 0.3) is 5.56 Å². The van der Waals surface area contributed by atoms with E-state index in [1.807, 2.05) is 0 Å². The summed E-state index contributed by atoms with van der Waals surface area (Å²) in [6.45, 7) is 0. The smallest absolute Gasteiger partial charge is 0.280 e. The maximum absolute atomic E-state index is 11.5. The van der Waals surface area contributed by atoms with Gasteiger partial charge in [0.05, 0.1) is 6.33 Å². The molecule has 5 nitrogen and oxygen atoms in total. The summed E-state index contributed by atoms with van der Waals surface area (Å²) >= 11 is 4.90. The third-order valence-corrected chi connectivity index (χ3v) is 2.27. The minimum Gasteiger partial charge on any atom is -0.742 e. The van der Waals surface area contributed by atoms with Crippen LogP contribution in [0.1, 0.15) is 0 Å². The molecule has 0 atom stereocenters. The van der Waals surface area contributed by atoms with Crippen LogP contribution in [0.4, 0.5) is 0 Å². The van der Waals surface area contributed by atoms with Crippen molar-refractivity contribution >= 4 is 23.8 Å². The van der Waals surface area contributed by atoms with Crippen molar-refractivity contribution in [3.63, 3.8) is 0 Å². The molecule has 2 aromatic heterocycles. The van der Waals surface area contributed by atoms with E-state index in [4.69, 9.17) is 12.6 Å². The summed E-state index contributed by atoms with van der Waals surface area (Å²) < 4.78 is 2.98. The van der Waals surface area contributed by atoms with Crippen LogP contribution in [0.3, 0.4) is 0 Å². The molecule has 0 radical (unpaired) electrons. The Morgan fingerprint density at radius 3 is 2.85 bits per heavy atom. The molecule has 0 aromatic carbocycles. The zero-order valence-electron chi connectivity index (χ0n) is 7.18. The Kier molecular flexibility index (Phi) is 1.59. The number of fused-ring (bicyclic) bond motifs is 1. The second-order valence-electron chi connectivity index (χ2n) is 2.79. The third-order valence-electron chi connectivity index (χ3n) is 1.90. The lowest BCUT2D eigenvalue weighted by atomic mass is 10.5. The fourth-order valence-electron chi connectivity index (χ4n) is 1.12. The Balaban J connectivity index is 3.05. The van der Waals surface area contributed by atoms with Gasteiger partial charge in [-0.2, -0.15) is 0 Å². The number of aromatic nitrogens is 4. The van der Waals surface area contributed by atoms with Crippen molar-refractivity contribution in [2.24, 2.45) is 14.1 Å². The Labute approximate surface area is 79.4 Å². The summed E-state index contributed by atoms with van der Waals surface area (Å²) in [6.07, 6.45) is 1.55. The number of aryl methyl sites for hydroxylation is 1.